The van der Waals surface area contributed by atoms with Crippen LogP contribution in [0.2, 0.25) is 0 Å². The van der Waals surface area contributed by atoms with Crippen LogP contribution in [0.1, 0.15) is 23.2 Å². The first-order valence-electron chi connectivity index (χ1n) is 8.76. The number of nitrogens with zero attached hydrogens (tertiary/aromatic N) is 4. The third-order valence-corrected chi connectivity index (χ3v) is 5.11. The van der Waals surface area contributed by atoms with Gasteiger partial charge in [0.2, 0.25) is 0 Å². The summed E-state index contributed by atoms with van der Waals surface area (Å²) in [7, 11) is 1.99. The largest absolute Gasteiger partial charge is 0.396 e. The lowest BCUT2D eigenvalue weighted by Crippen LogP contribution is -2.52. The van der Waals surface area contributed by atoms with Crippen LogP contribution in [0.4, 0.5) is 0 Å². The molecular formula is C19H28N4O. The Labute approximate surface area is 144 Å². The zero-order valence-corrected chi connectivity index (χ0v) is 14.7. The predicted octanol–water partition coefficient (Wildman–Crippen LogP) is 1.80. The van der Waals surface area contributed by atoms with E-state index in [0.717, 1.165) is 39.1 Å². The molecule has 0 spiro atoms. The van der Waals surface area contributed by atoms with Gasteiger partial charge in [0.15, 0.2) is 0 Å². The van der Waals surface area contributed by atoms with Gasteiger partial charge >= 0.3 is 0 Å². The lowest BCUT2D eigenvalue weighted by Gasteiger charge is -2.41. The molecule has 1 aliphatic rings. The van der Waals surface area contributed by atoms with E-state index in [1.54, 1.807) is 0 Å². The van der Waals surface area contributed by atoms with Crippen LogP contribution < -0.4 is 0 Å². The Morgan fingerprint density at radius 3 is 2.62 bits per heavy atom. The third kappa shape index (κ3) is 4.04. The lowest BCUT2D eigenvalue weighted by molar-refractivity contribution is 0.0499. The summed E-state index contributed by atoms with van der Waals surface area (Å²) in [5, 5.41) is 13.8. The normalized spacial score (nSPS) is 19.7. The van der Waals surface area contributed by atoms with E-state index in [9.17, 15) is 5.11 Å². The standard InChI is InChI=1S/C19H28N4O/c1-16-18(12-20-21(16)2)14-22-9-10-23(19(15-22)8-11-24)13-17-6-4-3-5-7-17/h3-7,12,19,24H,8-11,13-15H2,1-2H3/t19-/m1/s1. The summed E-state index contributed by atoms with van der Waals surface area (Å²) in [4.78, 5) is 5.00. The minimum Gasteiger partial charge on any atom is -0.396 e. The third-order valence-electron chi connectivity index (χ3n) is 5.11. The van der Waals surface area contributed by atoms with Gasteiger partial charge in [-0.2, -0.15) is 5.10 Å². The first-order valence-corrected chi connectivity index (χ1v) is 8.76. The molecule has 0 amide bonds. The lowest BCUT2D eigenvalue weighted by atomic mass is 10.1. The van der Waals surface area contributed by atoms with E-state index in [0.29, 0.717) is 6.04 Å². The van der Waals surface area contributed by atoms with E-state index in [2.05, 4.69) is 52.2 Å². The molecule has 1 atom stereocenters. The molecule has 1 aromatic heterocycles. The van der Waals surface area contributed by atoms with Gasteiger partial charge in [-0.3, -0.25) is 14.5 Å². The van der Waals surface area contributed by atoms with E-state index in [-0.39, 0.29) is 6.61 Å². The number of hydrogen-bond donors (Lipinski definition) is 1. The van der Waals surface area contributed by atoms with Gasteiger partial charge in [0, 0.05) is 63.7 Å². The number of aromatic nitrogens is 2. The van der Waals surface area contributed by atoms with E-state index >= 15 is 0 Å². The highest BCUT2D eigenvalue weighted by atomic mass is 16.3. The van der Waals surface area contributed by atoms with Crippen molar-refractivity contribution >= 4 is 0 Å². The molecule has 0 unspecified atom stereocenters. The summed E-state index contributed by atoms with van der Waals surface area (Å²) in [5.41, 5.74) is 3.88. The van der Waals surface area contributed by atoms with Gasteiger partial charge in [-0.25, -0.2) is 0 Å². The first-order chi connectivity index (χ1) is 11.7. The number of aliphatic hydroxyl groups excluding tert-OH is 1. The molecule has 1 N–H and O–H groups in total. The minimum absolute atomic E-state index is 0.246. The molecule has 1 fully saturated rings. The van der Waals surface area contributed by atoms with Gasteiger partial charge in [-0.05, 0) is 18.9 Å². The molecule has 130 valence electrons. The van der Waals surface area contributed by atoms with E-state index in [1.165, 1.54) is 16.8 Å². The molecule has 0 bridgehead atoms. The number of piperazine rings is 1. The van der Waals surface area contributed by atoms with Crippen molar-refractivity contribution < 1.29 is 5.11 Å². The number of aryl methyl sites for hydroxylation is 1. The summed E-state index contributed by atoms with van der Waals surface area (Å²) in [6.07, 6.45) is 2.81. The molecule has 3 rings (SSSR count). The van der Waals surface area contributed by atoms with Crippen LogP contribution in [0.3, 0.4) is 0 Å². The number of rotatable bonds is 6. The zero-order chi connectivity index (χ0) is 16.9. The number of hydrogen-bond acceptors (Lipinski definition) is 4. The van der Waals surface area contributed by atoms with Crippen LogP contribution >= 0.6 is 0 Å². The fraction of sp³-hybridized carbons (Fsp3) is 0.526. The maximum absolute atomic E-state index is 9.47. The molecule has 0 radical (unpaired) electrons. The van der Waals surface area contributed by atoms with Crippen molar-refractivity contribution in [2.24, 2.45) is 7.05 Å². The van der Waals surface area contributed by atoms with E-state index in [1.807, 2.05) is 17.9 Å². The molecule has 1 saturated heterocycles. The Balaban J connectivity index is 1.63. The van der Waals surface area contributed by atoms with Gasteiger partial charge in [-0.1, -0.05) is 30.3 Å². The monoisotopic (exact) mass is 328 g/mol. The quantitative estimate of drug-likeness (QED) is 0.878. The Morgan fingerprint density at radius 1 is 1.17 bits per heavy atom. The van der Waals surface area contributed by atoms with Gasteiger partial charge in [0.05, 0.1) is 6.20 Å². The maximum atomic E-state index is 9.47. The number of aliphatic hydroxyl groups is 1. The SMILES string of the molecule is Cc1c(CN2CCN(Cc3ccccc3)[C@H](CCO)C2)cnn1C. The fourth-order valence-corrected chi connectivity index (χ4v) is 3.49. The predicted molar refractivity (Wildman–Crippen MR) is 95.6 cm³/mol. The summed E-state index contributed by atoms with van der Waals surface area (Å²) >= 11 is 0. The first kappa shape index (κ1) is 17.1. The molecule has 0 saturated carbocycles. The molecule has 24 heavy (non-hydrogen) atoms. The fourth-order valence-electron chi connectivity index (χ4n) is 3.49. The average Bonchev–Trinajstić information content (AvgIpc) is 2.90. The zero-order valence-electron chi connectivity index (χ0n) is 14.7. The topological polar surface area (TPSA) is 44.5 Å². The van der Waals surface area contributed by atoms with Crippen molar-refractivity contribution in [2.45, 2.75) is 32.5 Å². The van der Waals surface area contributed by atoms with Crippen molar-refractivity contribution in [3.63, 3.8) is 0 Å². The second-order valence-corrected chi connectivity index (χ2v) is 6.74. The molecule has 0 aliphatic carbocycles. The molecule has 1 aliphatic heterocycles. The summed E-state index contributed by atoms with van der Waals surface area (Å²) in [6, 6.07) is 11.0. The molecule has 2 heterocycles. The Bertz CT molecular complexity index is 640. The average molecular weight is 328 g/mol. The molecule has 5 nitrogen and oxygen atoms in total. The maximum Gasteiger partial charge on any atom is 0.0537 e. The Kier molecular flexibility index (Phi) is 5.66. The smallest absolute Gasteiger partial charge is 0.0537 e. The van der Waals surface area contributed by atoms with Crippen LogP contribution in [0, 0.1) is 6.92 Å². The molecule has 1 aromatic carbocycles. The highest BCUT2D eigenvalue weighted by molar-refractivity contribution is 5.16. The molecule has 2 aromatic rings. The Hall–Kier alpha value is -1.69. The summed E-state index contributed by atoms with van der Waals surface area (Å²) in [5.74, 6) is 0. The summed E-state index contributed by atoms with van der Waals surface area (Å²) < 4.78 is 1.94. The Morgan fingerprint density at radius 2 is 1.96 bits per heavy atom. The van der Waals surface area contributed by atoms with E-state index < -0.39 is 0 Å². The van der Waals surface area contributed by atoms with Crippen LogP contribution in [-0.2, 0) is 20.1 Å². The van der Waals surface area contributed by atoms with Crippen LogP contribution in [0.5, 0.6) is 0 Å². The van der Waals surface area contributed by atoms with Crippen LogP contribution in [0.15, 0.2) is 36.5 Å². The van der Waals surface area contributed by atoms with E-state index in [4.69, 9.17) is 0 Å². The van der Waals surface area contributed by atoms with Gasteiger partial charge in [-0.15, -0.1) is 0 Å². The van der Waals surface area contributed by atoms with Crippen molar-refractivity contribution in [2.75, 3.05) is 26.2 Å². The summed E-state index contributed by atoms with van der Waals surface area (Å²) in [6.45, 7) is 7.38. The van der Waals surface area contributed by atoms with Gasteiger partial charge < -0.3 is 5.11 Å². The van der Waals surface area contributed by atoms with Crippen molar-refractivity contribution in [1.82, 2.24) is 19.6 Å². The second kappa shape index (κ2) is 7.92. The minimum atomic E-state index is 0.246. The van der Waals surface area contributed by atoms with Gasteiger partial charge in [0.1, 0.15) is 0 Å². The second-order valence-electron chi connectivity index (χ2n) is 6.74. The van der Waals surface area contributed by atoms with Crippen molar-refractivity contribution in [3.8, 4) is 0 Å². The highest BCUT2D eigenvalue weighted by Gasteiger charge is 2.27. The number of benzene rings is 1. The molecular weight excluding hydrogens is 300 g/mol. The van der Waals surface area contributed by atoms with Crippen LogP contribution in [-0.4, -0.2) is 57.0 Å². The van der Waals surface area contributed by atoms with Crippen LogP contribution in [0.25, 0.3) is 0 Å². The van der Waals surface area contributed by atoms with Gasteiger partial charge in [0.25, 0.3) is 0 Å². The molecule has 5 heteroatoms. The van der Waals surface area contributed by atoms with Crippen molar-refractivity contribution in [3.05, 3.63) is 53.3 Å². The highest BCUT2D eigenvalue weighted by Crippen LogP contribution is 2.19. The van der Waals surface area contributed by atoms with Crippen molar-refractivity contribution in [1.29, 1.82) is 0 Å².